The van der Waals surface area contributed by atoms with Crippen LogP contribution in [-0.4, -0.2) is 35.1 Å². The Labute approximate surface area is 137 Å². The quantitative estimate of drug-likeness (QED) is 0.774. The number of carbonyl (C=O) groups is 1. The second-order valence-corrected chi connectivity index (χ2v) is 5.96. The lowest BCUT2D eigenvalue weighted by Crippen LogP contribution is -2.09. The second kappa shape index (κ2) is 6.21. The van der Waals surface area contributed by atoms with Crippen molar-refractivity contribution in [2.45, 2.75) is 6.42 Å². The van der Waals surface area contributed by atoms with E-state index in [0.717, 1.165) is 11.4 Å². The van der Waals surface area contributed by atoms with Crippen LogP contribution in [0.15, 0.2) is 39.6 Å². The first-order valence-corrected chi connectivity index (χ1v) is 7.86. The summed E-state index contributed by atoms with van der Waals surface area (Å²) in [7, 11) is 3.82. The van der Waals surface area contributed by atoms with E-state index in [1.807, 2.05) is 48.0 Å². The predicted molar refractivity (Wildman–Crippen MR) is 88.7 cm³/mol. The minimum atomic E-state index is -0.942. The Morgan fingerprint density at radius 3 is 2.70 bits per heavy atom. The van der Waals surface area contributed by atoms with E-state index in [2.05, 4.69) is 9.97 Å². The molecule has 3 aromatic heterocycles. The average molecular weight is 329 g/mol. The molecule has 0 bridgehead atoms. The van der Waals surface area contributed by atoms with Crippen molar-refractivity contribution in [1.29, 1.82) is 0 Å². The van der Waals surface area contributed by atoms with Crippen molar-refractivity contribution in [3.05, 3.63) is 40.8 Å². The molecule has 0 atom stereocenters. The van der Waals surface area contributed by atoms with Gasteiger partial charge in [-0.2, -0.15) is 11.3 Å². The van der Waals surface area contributed by atoms with E-state index >= 15 is 0 Å². The highest BCUT2D eigenvalue weighted by atomic mass is 32.1. The fourth-order valence-corrected chi connectivity index (χ4v) is 2.77. The summed E-state index contributed by atoms with van der Waals surface area (Å²) in [4.78, 5) is 21.6. The Bertz CT molecular complexity index is 808. The van der Waals surface area contributed by atoms with Crippen LogP contribution in [0.1, 0.15) is 5.69 Å². The summed E-state index contributed by atoms with van der Waals surface area (Å²) in [5, 5.41) is 12.9. The molecule has 0 aliphatic heterocycles. The minimum absolute atomic E-state index is 0.183. The topological polar surface area (TPSA) is 79.5 Å². The van der Waals surface area contributed by atoms with E-state index in [1.165, 1.54) is 11.3 Å². The Morgan fingerprint density at radius 1 is 1.30 bits per heavy atom. The van der Waals surface area contributed by atoms with E-state index in [1.54, 1.807) is 6.20 Å². The van der Waals surface area contributed by atoms with Gasteiger partial charge in [-0.15, -0.1) is 0 Å². The van der Waals surface area contributed by atoms with Crippen molar-refractivity contribution < 1.29 is 14.3 Å². The number of hydrogen-bond donors (Lipinski definition) is 1. The maximum Gasteiger partial charge on any atom is 0.309 e. The molecule has 6 nitrogen and oxygen atoms in total. The zero-order valence-electron chi connectivity index (χ0n) is 12.7. The highest BCUT2D eigenvalue weighted by molar-refractivity contribution is 7.08. The lowest BCUT2D eigenvalue weighted by molar-refractivity contribution is -0.136. The molecular formula is C16H15N3O3S. The van der Waals surface area contributed by atoms with Gasteiger partial charge in [-0.1, -0.05) is 0 Å². The normalized spacial score (nSPS) is 10.7. The van der Waals surface area contributed by atoms with E-state index in [-0.39, 0.29) is 6.42 Å². The molecule has 118 valence electrons. The molecule has 0 aliphatic rings. The number of pyridine rings is 1. The lowest BCUT2D eigenvalue weighted by atomic mass is 10.2. The van der Waals surface area contributed by atoms with E-state index in [0.29, 0.717) is 22.9 Å². The lowest BCUT2D eigenvalue weighted by Gasteiger charge is -2.10. The van der Waals surface area contributed by atoms with Gasteiger partial charge in [0.25, 0.3) is 0 Å². The van der Waals surface area contributed by atoms with Crippen LogP contribution in [0.3, 0.4) is 0 Å². The van der Waals surface area contributed by atoms with Crippen molar-refractivity contribution in [2.75, 3.05) is 19.0 Å². The number of carboxylic acid groups (broad SMARTS) is 1. The number of hydrogen-bond acceptors (Lipinski definition) is 6. The minimum Gasteiger partial charge on any atom is -0.481 e. The molecule has 23 heavy (non-hydrogen) atoms. The molecule has 0 saturated heterocycles. The van der Waals surface area contributed by atoms with E-state index in [9.17, 15) is 4.79 Å². The first kappa shape index (κ1) is 15.2. The van der Waals surface area contributed by atoms with Crippen LogP contribution in [0.5, 0.6) is 0 Å². The SMILES string of the molecule is CN(C)c1ccc(-c2nc(CC(=O)O)c(-c3ccsc3)o2)cn1. The molecule has 3 rings (SSSR count). The number of thiophene rings is 1. The average Bonchev–Trinajstić information content (AvgIpc) is 3.16. The molecule has 0 saturated carbocycles. The third-order valence-corrected chi connectivity index (χ3v) is 3.94. The van der Waals surface area contributed by atoms with Gasteiger partial charge in [-0.25, -0.2) is 9.97 Å². The molecule has 0 amide bonds. The Hall–Kier alpha value is -2.67. The maximum atomic E-state index is 11.1. The Balaban J connectivity index is 2.01. The first-order valence-electron chi connectivity index (χ1n) is 6.92. The molecule has 3 aromatic rings. The number of rotatable bonds is 5. The fraction of sp³-hybridized carbons (Fsp3) is 0.188. The molecule has 0 unspecified atom stereocenters. The molecule has 0 fully saturated rings. The number of aromatic nitrogens is 2. The number of nitrogens with zero attached hydrogens (tertiary/aromatic N) is 3. The summed E-state index contributed by atoms with van der Waals surface area (Å²) in [5.74, 6) is 0.757. The van der Waals surface area contributed by atoms with Gasteiger partial charge in [-0.3, -0.25) is 4.79 Å². The van der Waals surface area contributed by atoms with E-state index in [4.69, 9.17) is 9.52 Å². The van der Waals surface area contributed by atoms with Gasteiger partial charge in [-0.05, 0) is 23.6 Å². The zero-order chi connectivity index (χ0) is 16.4. The number of oxazole rings is 1. The van der Waals surface area contributed by atoms with E-state index < -0.39 is 5.97 Å². The molecular weight excluding hydrogens is 314 g/mol. The molecule has 7 heteroatoms. The van der Waals surface area contributed by atoms with Crippen molar-refractivity contribution in [2.24, 2.45) is 0 Å². The van der Waals surface area contributed by atoms with Gasteiger partial charge in [0.2, 0.25) is 5.89 Å². The van der Waals surface area contributed by atoms with Gasteiger partial charge in [0.15, 0.2) is 5.76 Å². The van der Waals surface area contributed by atoms with Crippen molar-refractivity contribution in [3.63, 3.8) is 0 Å². The van der Waals surface area contributed by atoms with Gasteiger partial charge in [0.1, 0.15) is 5.82 Å². The smallest absolute Gasteiger partial charge is 0.309 e. The van der Waals surface area contributed by atoms with Crippen LogP contribution in [0.2, 0.25) is 0 Å². The van der Waals surface area contributed by atoms with Gasteiger partial charge in [0.05, 0.1) is 17.7 Å². The monoisotopic (exact) mass is 329 g/mol. The summed E-state index contributed by atoms with van der Waals surface area (Å²) in [6.07, 6.45) is 1.49. The van der Waals surface area contributed by atoms with Crippen molar-refractivity contribution in [3.8, 4) is 22.8 Å². The summed E-state index contributed by atoms with van der Waals surface area (Å²) >= 11 is 1.52. The standard InChI is InChI=1S/C16H15N3O3S/c1-19(2)13-4-3-10(8-17-13)16-18-12(7-14(20)21)15(22-16)11-5-6-23-9-11/h3-6,8-9H,7H2,1-2H3,(H,20,21). The van der Waals surface area contributed by atoms with Crippen LogP contribution in [-0.2, 0) is 11.2 Å². The van der Waals surface area contributed by atoms with Crippen LogP contribution in [0.25, 0.3) is 22.8 Å². The maximum absolute atomic E-state index is 11.1. The molecule has 3 heterocycles. The van der Waals surface area contributed by atoms with Crippen molar-refractivity contribution in [1.82, 2.24) is 9.97 Å². The van der Waals surface area contributed by atoms with Gasteiger partial charge < -0.3 is 14.4 Å². The highest BCUT2D eigenvalue weighted by Crippen LogP contribution is 2.31. The zero-order valence-corrected chi connectivity index (χ0v) is 13.5. The fourth-order valence-electron chi connectivity index (χ4n) is 2.13. The highest BCUT2D eigenvalue weighted by Gasteiger charge is 2.19. The molecule has 0 aromatic carbocycles. The molecule has 0 aliphatic carbocycles. The van der Waals surface area contributed by atoms with Crippen LogP contribution in [0, 0.1) is 0 Å². The van der Waals surface area contributed by atoms with Crippen LogP contribution < -0.4 is 4.90 Å². The number of aliphatic carboxylic acids is 1. The molecule has 0 spiro atoms. The van der Waals surface area contributed by atoms with Crippen molar-refractivity contribution >= 4 is 23.1 Å². The third kappa shape index (κ3) is 3.24. The Kier molecular flexibility index (Phi) is 4.12. The summed E-state index contributed by atoms with van der Waals surface area (Å²) < 4.78 is 5.83. The van der Waals surface area contributed by atoms with Gasteiger partial charge >= 0.3 is 5.97 Å². The summed E-state index contributed by atoms with van der Waals surface area (Å²) in [6.45, 7) is 0. The molecule has 1 N–H and O–H groups in total. The largest absolute Gasteiger partial charge is 0.481 e. The molecule has 0 radical (unpaired) electrons. The van der Waals surface area contributed by atoms with Crippen LogP contribution >= 0.6 is 11.3 Å². The second-order valence-electron chi connectivity index (χ2n) is 5.18. The number of anilines is 1. The third-order valence-electron chi connectivity index (χ3n) is 3.25. The van der Waals surface area contributed by atoms with Gasteiger partial charge in [0, 0.05) is 31.2 Å². The first-order chi connectivity index (χ1) is 11.0. The summed E-state index contributed by atoms with van der Waals surface area (Å²) in [6, 6.07) is 5.60. The summed E-state index contributed by atoms with van der Waals surface area (Å²) in [5.41, 5.74) is 1.97. The Morgan fingerprint density at radius 2 is 2.13 bits per heavy atom. The van der Waals surface area contributed by atoms with Crippen LogP contribution in [0.4, 0.5) is 5.82 Å². The predicted octanol–water partition coefficient (Wildman–Crippen LogP) is 3.16. The number of carboxylic acids is 1.